The summed E-state index contributed by atoms with van der Waals surface area (Å²) in [6.45, 7) is 4.80. The fraction of sp³-hybridized carbons (Fsp3) is 0.462. The molecular weight excluding hydrogens is 202 g/mol. The molecule has 16 heavy (non-hydrogen) atoms. The van der Waals surface area contributed by atoms with Gasteiger partial charge in [-0.25, -0.2) is 0 Å². The van der Waals surface area contributed by atoms with Crippen LogP contribution in [-0.2, 0) is 4.74 Å². The van der Waals surface area contributed by atoms with E-state index < -0.39 is 0 Å². The first kappa shape index (κ1) is 11.1. The molecule has 1 fully saturated rings. The standard InChI is InChI=1S/C13H17NO2/c1-2-13-9-14(7-8-16-13)12-5-3-11(10-15)4-6-12/h3-6,10,13H,2,7-9H2,1H3. The van der Waals surface area contributed by atoms with Crippen LogP contribution in [-0.4, -0.2) is 32.1 Å². The van der Waals surface area contributed by atoms with Gasteiger partial charge in [0.1, 0.15) is 6.29 Å². The van der Waals surface area contributed by atoms with E-state index in [9.17, 15) is 4.79 Å². The van der Waals surface area contributed by atoms with E-state index >= 15 is 0 Å². The molecule has 1 aromatic rings. The van der Waals surface area contributed by atoms with E-state index in [4.69, 9.17) is 4.74 Å². The predicted octanol–water partition coefficient (Wildman–Crippen LogP) is 2.11. The van der Waals surface area contributed by atoms with Gasteiger partial charge in [-0.15, -0.1) is 0 Å². The van der Waals surface area contributed by atoms with E-state index in [1.165, 1.54) is 5.69 Å². The molecule has 3 nitrogen and oxygen atoms in total. The van der Waals surface area contributed by atoms with Gasteiger partial charge < -0.3 is 9.64 Å². The highest BCUT2D eigenvalue weighted by Crippen LogP contribution is 2.18. The SMILES string of the molecule is CCC1CN(c2ccc(C=O)cc2)CCO1. The van der Waals surface area contributed by atoms with Gasteiger partial charge in [-0.05, 0) is 30.7 Å². The topological polar surface area (TPSA) is 29.5 Å². The van der Waals surface area contributed by atoms with Crippen molar-refractivity contribution < 1.29 is 9.53 Å². The van der Waals surface area contributed by atoms with Crippen molar-refractivity contribution in [2.75, 3.05) is 24.6 Å². The molecule has 1 atom stereocenters. The third kappa shape index (κ3) is 2.42. The first-order valence-electron chi connectivity index (χ1n) is 5.75. The van der Waals surface area contributed by atoms with E-state index in [0.717, 1.165) is 38.0 Å². The third-order valence-corrected chi connectivity index (χ3v) is 2.99. The van der Waals surface area contributed by atoms with E-state index in [1.54, 1.807) is 0 Å². The Balaban J connectivity index is 2.07. The number of carbonyl (C=O) groups is 1. The summed E-state index contributed by atoms with van der Waals surface area (Å²) >= 11 is 0. The Morgan fingerprint density at radius 2 is 2.19 bits per heavy atom. The minimum Gasteiger partial charge on any atom is -0.375 e. The van der Waals surface area contributed by atoms with Crippen LogP contribution in [0.4, 0.5) is 5.69 Å². The van der Waals surface area contributed by atoms with Gasteiger partial charge in [0.15, 0.2) is 0 Å². The zero-order chi connectivity index (χ0) is 11.4. The second-order valence-electron chi connectivity index (χ2n) is 4.06. The molecule has 0 aromatic heterocycles. The maximum absolute atomic E-state index is 10.6. The van der Waals surface area contributed by atoms with E-state index in [0.29, 0.717) is 6.10 Å². The van der Waals surface area contributed by atoms with E-state index in [1.807, 2.05) is 24.3 Å². The summed E-state index contributed by atoms with van der Waals surface area (Å²) in [5.74, 6) is 0. The van der Waals surface area contributed by atoms with Gasteiger partial charge in [-0.1, -0.05) is 6.92 Å². The molecule has 1 heterocycles. The van der Waals surface area contributed by atoms with Crippen LogP contribution in [0.25, 0.3) is 0 Å². The van der Waals surface area contributed by atoms with Crippen LogP contribution in [0.2, 0.25) is 0 Å². The number of anilines is 1. The molecule has 0 saturated carbocycles. The molecular formula is C13H17NO2. The molecule has 2 rings (SSSR count). The first-order valence-corrected chi connectivity index (χ1v) is 5.75. The van der Waals surface area contributed by atoms with Crippen LogP contribution >= 0.6 is 0 Å². The van der Waals surface area contributed by atoms with Crippen LogP contribution in [0.15, 0.2) is 24.3 Å². The van der Waals surface area contributed by atoms with Crippen LogP contribution in [0.3, 0.4) is 0 Å². The van der Waals surface area contributed by atoms with Crippen molar-refractivity contribution in [3.05, 3.63) is 29.8 Å². The van der Waals surface area contributed by atoms with Crippen LogP contribution in [0, 0.1) is 0 Å². The number of nitrogens with zero attached hydrogens (tertiary/aromatic N) is 1. The van der Waals surface area contributed by atoms with Crippen molar-refractivity contribution in [3.8, 4) is 0 Å². The summed E-state index contributed by atoms with van der Waals surface area (Å²) in [7, 11) is 0. The summed E-state index contributed by atoms with van der Waals surface area (Å²) in [6.07, 6.45) is 2.25. The van der Waals surface area contributed by atoms with Crippen molar-refractivity contribution in [3.63, 3.8) is 0 Å². The molecule has 1 unspecified atom stereocenters. The number of benzene rings is 1. The second kappa shape index (κ2) is 5.12. The monoisotopic (exact) mass is 219 g/mol. The molecule has 3 heteroatoms. The lowest BCUT2D eigenvalue weighted by molar-refractivity contribution is 0.0384. The molecule has 1 aliphatic rings. The average molecular weight is 219 g/mol. The van der Waals surface area contributed by atoms with Gasteiger partial charge in [0, 0.05) is 24.3 Å². The molecule has 0 aliphatic carbocycles. The number of hydrogen-bond donors (Lipinski definition) is 0. The number of aldehydes is 1. The van der Waals surface area contributed by atoms with Crippen molar-refractivity contribution in [1.29, 1.82) is 0 Å². The number of rotatable bonds is 3. The van der Waals surface area contributed by atoms with Gasteiger partial charge in [0.25, 0.3) is 0 Å². The maximum atomic E-state index is 10.6. The number of carbonyl (C=O) groups excluding carboxylic acids is 1. The minimum absolute atomic E-state index is 0.333. The normalized spacial score (nSPS) is 20.8. The quantitative estimate of drug-likeness (QED) is 0.729. The van der Waals surface area contributed by atoms with E-state index in [-0.39, 0.29) is 0 Å². The Kier molecular flexibility index (Phi) is 3.57. The highest BCUT2D eigenvalue weighted by atomic mass is 16.5. The van der Waals surface area contributed by atoms with Gasteiger partial charge in [-0.3, -0.25) is 4.79 Å². The molecule has 0 bridgehead atoms. The van der Waals surface area contributed by atoms with Crippen molar-refractivity contribution >= 4 is 12.0 Å². The first-order chi connectivity index (χ1) is 7.83. The molecule has 1 saturated heterocycles. The van der Waals surface area contributed by atoms with Gasteiger partial charge in [0.05, 0.1) is 12.7 Å². The predicted molar refractivity (Wildman–Crippen MR) is 64.1 cm³/mol. The summed E-state index contributed by atoms with van der Waals surface area (Å²) in [6, 6.07) is 7.72. The average Bonchev–Trinajstić information content (AvgIpc) is 2.39. The van der Waals surface area contributed by atoms with E-state index in [2.05, 4.69) is 11.8 Å². The van der Waals surface area contributed by atoms with Crippen molar-refractivity contribution in [2.45, 2.75) is 19.4 Å². The summed E-state index contributed by atoms with van der Waals surface area (Å²) < 4.78 is 5.63. The lowest BCUT2D eigenvalue weighted by Gasteiger charge is -2.34. The lowest BCUT2D eigenvalue weighted by atomic mass is 10.1. The summed E-state index contributed by atoms with van der Waals surface area (Å²) in [4.78, 5) is 12.9. The summed E-state index contributed by atoms with van der Waals surface area (Å²) in [5, 5.41) is 0. The van der Waals surface area contributed by atoms with Crippen LogP contribution < -0.4 is 4.90 Å². The largest absolute Gasteiger partial charge is 0.375 e. The number of hydrogen-bond acceptors (Lipinski definition) is 3. The zero-order valence-electron chi connectivity index (χ0n) is 9.56. The molecule has 1 aromatic carbocycles. The highest BCUT2D eigenvalue weighted by Gasteiger charge is 2.18. The summed E-state index contributed by atoms with van der Waals surface area (Å²) in [5.41, 5.74) is 1.90. The Bertz CT molecular complexity index is 347. The fourth-order valence-corrected chi connectivity index (χ4v) is 1.96. The minimum atomic E-state index is 0.333. The Labute approximate surface area is 96.0 Å². The molecule has 0 amide bonds. The Morgan fingerprint density at radius 3 is 2.81 bits per heavy atom. The van der Waals surface area contributed by atoms with Crippen molar-refractivity contribution in [1.82, 2.24) is 0 Å². The van der Waals surface area contributed by atoms with Crippen LogP contribution in [0.5, 0.6) is 0 Å². The fourth-order valence-electron chi connectivity index (χ4n) is 1.96. The zero-order valence-corrected chi connectivity index (χ0v) is 9.56. The third-order valence-electron chi connectivity index (χ3n) is 2.99. The Hall–Kier alpha value is -1.35. The number of morpholine rings is 1. The lowest BCUT2D eigenvalue weighted by Crippen LogP contribution is -2.42. The molecule has 1 aliphatic heterocycles. The molecule has 0 spiro atoms. The maximum Gasteiger partial charge on any atom is 0.150 e. The number of ether oxygens (including phenoxy) is 1. The molecule has 0 N–H and O–H groups in total. The van der Waals surface area contributed by atoms with Gasteiger partial charge in [0.2, 0.25) is 0 Å². The second-order valence-corrected chi connectivity index (χ2v) is 4.06. The molecule has 86 valence electrons. The molecule has 0 radical (unpaired) electrons. The van der Waals surface area contributed by atoms with Gasteiger partial charge in [-0.2, -0.15) is 0 Å². The highest BCUT2D eigenvalue weighted by molar-refractivity contribution is 5.75. The van der Waals surface area contributed by atoms with Crippen molar-refractivity contribution in [2.24, 2.45) is 0 Å². The smallest absolute Gasteiger partial charge is 0.150 e. The van der Waals surface area contributed by atoms with Gasteiger partial charge >= 0.3 is 0 Å². The van der Waals surface area contributed by atoms with Crippen LogP contribution in [0.1, 0.15) is 23.7 Å². The Morgan fingerprint density at radius 1 is 1.44 bits per heavy atom.